The number of carboxylic acid groups (broad SMARTS) is 1. The van der Waals surface area contributed by atoms with E-state index in [2.05, 4.69) is 0 Å². The summed E-state index contributed by atoms with van der Waals surface area (Å²) in [6, 6.07) is 1.41. The molecule has 0 unspecified atom stereocenters. The molecule has 0 atom stereocenters. The first-order chi connectivity index (χ1) is 7.20. The lowest BCUT2D eigenvalue weighted by molar-refractivity contribution is 0.0694. The normalized spacial score (nSPS) is 11.3. The minimum absolute atomic E-state index is 0.120. The Morgan fingerprint density at radius 3 is 2.19 bits per heavy atom. The van der Waals surface area contributed by atoms with Gasteiger partial charge in [-0.3, -0.25) is 0 Å². The van der Waals surface area contributed by atoms with Crippen molar-refractivity contribution in [3.63, 3.8) is 0 Å². The third-order valence-electron chi connectivity index (χ3n) is 1.67. The molecule has 88 valence electrons. The van der Waals surface area contributed by atoms with Gasteiger partial charge in [-0.2, -0.15) is 0 Å². The van der Waals surface area contributed by atoms with Crippen LogP contribution in [0.5, 0.6) is 5.75 Å². The number of rotatable bonds is 3. The van der Waals surface area contributed by atoms with Gasteiger partial charge < -0.3 is 9.53 Å². The second kappa shape index (κ2) is 4.21. The predicted octanol–water partition coefficient (Wildman–Crippen LogP) is 2.88. The number of halogens is 2. The van der Waals surface area contributed by atoms with Crippen molar-refractivity contribution in [3.8, 4) is 5.75 Å². The van der Waals surface area contributed by atoms with Crippen LogP contribution in [0.4, 0.5) is 8.78 Å². The van der Waals surface area contributed by atoms with Gasteiger partial charge in [0.2, 0.25) is 8.32 Å². The summed E-state index contributed by atoms with van der Waals surface area (Å²) in [5.74, 6) is -3.77. The molecule has 3 nitrogen and oxygen atoms in total. The van der Waals surface area contributed by atoms with Crippen LogP contribution in [-0.2, 0) is 0 Å². The van der Waals surface area contributed by atoms with Crippen LogP contribution in [0.2, 0.25) is 19.6 Å². The molecule has 6 heteroatoms. The van der Waals surface area contributed by atoms with E-state index in [1.165, 1.54) is 0 Å². The topological polar surface area (TPSA) is 46.5 Å². The molecule has 0 aliphatic heterocycles. The van der Waals surface area contributed by atoms with E-state index in [-0.39, 0.29) is 11.3 Å². The van der Waals surface area contributed by atoms with E-state index in [1.54, 1.807) is 0 Å². The summed E-state index contributed by atoms with van der Waals surface area (Å²) in [5.41, 5.74) is -0.360. The average Bonchev–Trinajstić information content (AvgIpc) is 2.07. The fraction of sp³-hybridized carbons (Fsp3) is 0.300. The molecule has 0 spiro atoms. The molecule has 0 aromatic heterocycles. The van der Waals surface area contributed by atoms with Crippen molar-refractivity contribution in [3.05, 3.63) is 29.3 Å². The van der Waals surface area contributed by atoms with Crippen molar-refractivity contribution < 1.29 is 23.1 Å². The van der Waals surface area contributed by atoms with E-state index >= 15 is 0 Å². The Bertz CT molecular complexity index is 427. The predicted molar refractivity (Wildman–Crippen MR) is 57.3 cm³/mol. The molecule has 1 N–H and O–H groups in total. The third-order valence-corrected chi connectivity index (χ3v) is 2.50. The zero-order valence-electron chi connectivity index (χ0n) is 9.17. The second-order valence-corrected chi connectivity index (χ2v) is 8.71. The average molecular weight is 246 g/mol. The van der Waals surface area contributed by atoms with Crippen molar-refractivity contribution >= 4 is 14.3 Å². The van der Waals surface area contributed by atoms with Gasteiger partial charge in [-0.1, -0.05) is 0 Å². The number of hydrogen-bond acceptors (Lipinski definition) is 2. The molecule has 0 bridgehead atoms. The maximum Gasteiger partial charge on any atom is 0.339 e. The minimum atomic E-state index is -2.07. The van der Waals surface area contributed by atoms with Gasteiger partial charge in [-0.25, -0.2) is 13.6 Å². The van der Waals surface area contributed by atoms with Crippen LogP contribution in [0, 0.1) is 11.6 Å². The lowest BCUT2D eigenvalue weighted by Gasteiger charge is -2.20. The van der Waals surface area contributed by atoms with Crippen LogP contribution < -0.4 is 4.43 Å². The molecule has 0 saturated heterocycles. The second-order valence-electron chi connectivity index (χ2n) is 4.28. The SMILES string of the molecule is C[Si](C)(C)Oc1cc(F)c(F)cc1C(=O)O. The molecule has 0 heterocycles. The van der Waals surface area contributed by atoms with Crippen LogP contribution in [0.1, 0.15) is 10.4 Å². The summed E-state index contributed by atoms with van der Waals surface area (Å²) in [6.45, 7) is 5.46. The molecule has 0 amide bonds. The van der Waals surface area contributed by atoms with Crippen molar-refractivity contribution in [1.29, 1.82) is 0 Å². The summed E-state index contributed by atoms with van der Waals surface area (Å²) >= 11 is 0. The smallest absolute Gasteiger partial charge is 0.339 e. The Hall–Kier alpha value is -1.43. The molecule has 0 aliphatic rings. The minimum Gasteiger partial charge on any atom is -0.544 e. The first-order valence-electron chi connectivity index (χ1n) is 4.62. The van der Waals surface area contributed by atoms with Crippen molar-refractivity contribution in [1.82, 2.24) is 0 Å². The molecule has 0 fully saturated rings. The Morgan fingerprint density at radius 2 is 1.75 bits per heavy atom. The van der Waals surface area contributed by atoms with Gasteiger partial charge in [0.05, 0.1) is 0 Å². The van der Waals surface area contributed by atoms with Gasteiger partial charge in [-0.15, -0.1) is 0 Å². The molecule has 0 radical (unpaired) electrons. The lowest BCUT2D eigenvalue weighted by atomic mass is 10.2. The molecule has 1 aromatic rings. The molecular weight excluding hydrogens is 234 g/mol. The lowest BCUT2D eigenvalue weighted by Crippen LogP contribution is -2.30. The summed E-state index contributed by atoms with van der Waals surface area (Å²) < 4.78 is 31.2. The first kappa shape index (κ1) is 12.6. The Morgan fingerprint density at radius 1 is 1.25 bits per heavy atom. The van der Waals surface area contributed by atoms with Crippen LogP contribution in [0.3, 0.4) is 0 Å². The molecule has 0 aliphatic carbocycles. The largest absolute Gasteiger partial charge is 0.544 e. The molecular formula is C10H12F2O3Si. The van der Waals surface area contributed by atoms with Crippen LogP contribution in [0.15, 0.2) is 12.1 Å². The molecule has 16 heavy (non-hydrogen) atoms. The monoisotopic (exact) mass is 246 g/mol. The number of carboxylic acids is 1. The van der Waals surface area contributed by atoms with E-state index in [1.807, 2.05) is 19.6 Å². The standard InChI is InChI=1S/C10H12F2O3Si/c1-16(2,3)15-9-5-8(12)7(11)4-6(9)10(13)14/h4-5H,1-3H3,(H,13,14). The number of hydrogen-bond donors (Lipinski definition) is 1. The maximum atomic E-state index is 13.0. The van der Waals surface area contributed by atoms with Gasteiger partial charge >= 0.3 is 5.97 Å². The molecule has 0 saturated carbocycles. The Labute approximate surface area is 92.8 Å². The van der Waals surface area contributed by atoms with Crippen molar-refractivity contribution in [2.75, 3.05) is 0 Å². The Balaban J connectivity index is 3.25. The quantitative estimate of drug-likeness (QED) is 0.834. The molecule has 1 aromatic carbocycles. The first-order valence-corrected chi connectivity index (χ1v) is 8.03. The van der Waals surface area contributed by atoms with E-state index in [9.17, 15) is 13.6 Å². The fourth-order valence-corrected chi connectivity index (χ4v) is 1.94. The highest BCUT2D eigenvalue weighted by atomic mass is 28.4. The number of aromatic carboxylic acids is 1. The highest BCUT2D eigenvalue weighted by molar-refractivity contribution is 6.70. The zero-order chi connectivity index (χ0) is 12.5. The van der Waals surface area contributed by atoms with Crippen LogP contribution >= 0.6 is 0 Å². The van der Waals surface area contributed by atoms with E-state index in [4.69, 9.17) is 9.53 Å². The summed E-state index contributed by atoms with van der Waals surface area (Å²) in [7, 11) is -2.07. The van der Waals surface area contributed by atoms with E-state index in [0.717, 1.165) is 6.07 Å². The van der Waals surface area contributed by atoms with Crippen molar-refractivity contribution in [2.45, 2.75) is 19.6 Å². The highest BCUT2D eigenvalue weighted by Gasteiger charge is 2.22. The van der Waals surface area contributed by atoms with Gasteiger partial charge in [0.15, 0.2) is 11.6 Å². The zero-order valence-corrected chi connectivity index (χ0v) is 10.2. The maximum absolute atomic E-state index is 13.0. The fourth-order valence-electron chi connectivity index (χ4n) is 1.11. The Kier molecular flexibility index (Phi) is 3.32. The highest BCUT2D eigenvalue weighted by Crippen LogP contribution is 2.25. The van der Waals surface area contributed by atoms with E-state index < -0.39 is 25.9 Å². The van der Waals surface area contributed by atoms with Gasteiger partial charge in [0.25, 0.3) is 0 Å². The van der Waals surface area contributed by atoms with Crippen molar-refractivity contribution in [2.24, 2.45) is 0 Å². The van der Waals surface area contributed by atoms with Crippen LogP contribution in [-0.4, -0.2) is 19.4 Å². The van der Waals surface area contributed by atoms with Gasteiger partial charge in [0, 0.05) is 6.07 Å². The third kappa shape index (κ3) is 3.03. The molecule has 1 rings (SSSR count). The summed E-state index contributed by atoms with van der Waals surface area (Å²) in [6.07, 6.45) is 0. The summed E-state index contributed by atoms with van der Waals surface area (Å²) in [5, 5.41) is 8.82. The number of carbonyl (C=O) groups is 1. The summed E-state index contributed by atoms with van der Waals surface area (Å²) in [4.78, 5) is 10.8. The van der Waals surface area contributed by atoms with E-state index in [0.29, 0.717) is 6.07 Å². The van der Waals surface area contributed by atoms with Gasteiger partial charge in [0.1, 0.15) is 11.3 Å². The van der Waals surface area contributed by atoms with Gasteiger partial charge in [-0.05, 0) is 25.7 Å². The number of benzene rings is 1. The van der Waals surface area contributed by atoms with Crippen LogP contribution in [0.25, 0.3) is 0 Å².